The van der Waals surface area contributed by atoms with Crippen molar-refractivity contribution < 1.29 is 8.42 Å². The molecule has 0 atom stereocenters. The second-order valence-corrected chi connectivity index (χ2v) is 7.38. The fraction of sp³-hybridized carbons (Fsp3) is 0.929. The SMILES string of the molecule is CCNC(=NCCS(=O)(=O)N(CC)CC)NC1CCCC1.I. The minimum Gasteiger partial charge on any atom is -0.357 e. The molecule has 0 aliphatic heterocycles. The highest BCUT2D eigenvalue weighted by atomic mass is 127. The van der Waals surface area contributed by atoms with Crippen LogP contribution in [0.5, 0.6) is 0 Å². The zero-order valence-electron chi connectivity index (χ0n) is 14.0. The molecule has 0 aromatic carbocycles. The first-order valence-corrected chi connectivity index (χ1v) is 9.67. The maximum atomic E-state index is 12.1. The maximum absolute atomic E-state index is 12.1. The van der Waals surface area contributed by atoms with Gasteiger partial charge >= 0.3 is 0 Å². The van der Waals surface area contributed by atoms with Crippen molar-refractivity contribution in [3.63, 3.8) is 0 Å². The van der Waals surface area contributed by atoms with Crippen molar-refractivity contribution in [2.24, 2.45) is 4.99 Å². The Morgan fingerprint density at radius 2 is 1.77 bits per heavy atom. The lowest BCUT2D eigenvalue weighted by Crippen LogP contribution is -2.42. The standard InChI is InChI=1S/C14H30N4O2S.HI/c1-4-15-14(17-13-9-7-8-10-13)16-11-12-21(19,20)18(5-2)6-3;/h13H,4-12H2,1-3H3,(H2,15,16,17);1H. The van der Waals surface area contributed by atoms with E-state index >= 15 is 0 Å². The summed E-state index contributed by atoms with van der Waals surface area (Å²) in [4.78, 5) is 4.40. The van der Waals surface area contributed by atoms with Crippen LogP contribution in [0.1, 0.15) is 46.5 Å². The molecule has 0 spiro atoms. The van der Waals surface area contributed by atoms with Crippen molar-refractivity contribution in [2.75, 3.05) is 31.9 Å². The molecule has 1 fully saturated rings. The Morgan fingerprint density at radius 1 is 1.18 bits per heavy atom. The quantitative estimate of drug-likeness (QED) is 0.339. The van der Waals surface area contributed by atoms with Gasteiger partial charge in [-0.3, -0.25) is 4.99 Å². The van der Waals surface area contributed by atoms with E-state index in [-0.39, 0.29) is 29.7 Å². The lowest BCUT2D eigenvalue weighted by molar-refractivity contribution is 0.445. The summed E-state index contributed by atoms with van der Waals surface area (Å²) in [6, 6.07) is 0.474. The predicted molar refractivity (Wildman–Crippen MR) is 103 cm³/mol. The third kappa shape index (κ3) is 7.45. The summed E-state index contributed by atoms with van der Waals surface area (Å²) in [7, 11) is -3.19. The summed E-state index contributed by atoms with van der Waals surface area (Å²) < 4.78 is 25.7. The van der Waals surface area contributed by atoms with Crippen molar-refractivity contribution in [3.8, 4) is 0 Å². The van der Waals surface area contributed by atoms with E-state index in [1.165, 1.54) is 30.0 Å². The van der Waals surface area contributed by atoms with Gasteiger partial charge in [0.05, 0.1) is 12.3 Å². The Bertz CT molecular complexity index is 419. The van der Waals surface area contributed by atoms with Crippen LogP contribution in [0, 0.1) is 0 Å². The fourth-order valence-electron chi connectivity index (χ4n) is 2.60. The summed E-state index contributed by atoms with van der Waals surface area (Å²) >= 11 is 0. The second kappa shape index (κ2) is 11.4. The minimum atomic E-state index is -3.19. The first-order valence-electron chi connectivity index (χ1n) is 8.06. The van der Waals surface area contributed by atoms with Crippen molar-refractivity contribution >= 4 is 40.0 Å². The van der Waals surface area contributed by atoms with Crippen molar-refractivity contribution in [2.45, 2.75) is 52.5 Å². The molecule has 1 aliphatic rings. The normalized spacial score (nSPS) is 16.6. The van der Waals surface area contributed by atoms with Crippen LogP contribution >= 0.6 is 24.0 Å². The zero-order chi connectivity index (χ0) is 15.7. The third-order valence-corrected chi connectivity index (χ3v) is 5.76. The van der Waals surface area contributed by atoms with E-state index in [0.717, 1.165) is 12.5 Å². The van der Waals surface area contributed by atoms with Crippen LogP contribution in [0.2, 0.25) is 0 Å². The van der Waals surface area contributed by atoms with Gasteiger partial charge in [0.15, 0.2) is 5.96 Å². The Kier molecular flexibility index (Phi) is 11.4. The topological polar surface area (TPSA) is 73.8 Å². The average Bonchev–Trinajstić information content (AvgIpc) is 2.92. The summed E-state index contributed by atoms with van der Waals surface area (Å²) in [5.41, 5.74) is 0. The molecule has 0 bridgehead atoms. The highest BCUT2D eigenvalue weighted by Gasteiger charge is 2.19. The molecule has 22 heavy (non-hydrogen) atoms. The Balaban J connectivity index is 0.00000441. The van der Waals surface area contributed by atoms with Gasteiger partial charge in [-0.1, -0.05) is 26.7 Å². The molecule has 0 aromatic heterocycles. The van der Waals surface area contributed by atoms with E-state index in [2.05, 4.69) is 15.6 Å². The molecule has 1 saturated carbocycles. The van der Waals surface area contributed by atoms with Gasteiger partial charge in [-0.05, 0) is 19.8 Å². The number of halogens is 1. The molecule has 0 radical (unpaired) electrons. The van der Waals surface area contributed by atoms with Crippen molar-refractivity contribution in [3.05, 3.63) is 0 Å². The van der Waals surface area contributed by atoms with Crippen LogP contribution in [-0.4, -0.2) is 56.7 Å². The number of sulfonamides is 1. The predicted octanol–water partition coefficient (Wildman–Crippen LogP) is 1.77. The van der Waals surface area contributed by atoms with Crippen molar-refractivity contribution in [1.29, 1.82) is 0 Å². The number of nitrogens with one attached hydrogen (secondary N) is 2. The van der Waals surface area contributed by atoms with Gasteiger partial charge in [0.1, 0.15) is 0 Å². The first-order chi connectivity index (χ1) is 10.0. The molecule has 2 N–H and O–H groups in total. The first kappa shape index (κ1) is 21.9. The van der Waals surface area contributed by atoms with Gasteiger partial charge in [-0.15, -0.1) is 24.0 Å². The monoisotopic (exact) mass is 446 g/mol. The van der Waals surface area contributed by atoms with Crippen LogP contribution < -0.4 is 10.6 Å². The van der Waals surface area contributed by atoms with Crippen molar-refractivity contribution in [1.82, 2.24) is 14.9 Å². The summed E-state index contributed by atoms with van der Waals surface area (Å²) in [5.74, 6) is 0.801. The molecule has 0 heterocycles. The van der Waals surface area contributed by atoms with Gasteiger partial charge in [0.25, 0.3) is 0 Å². The van der Waals surface area contributed by atoms with Gasteiger partial charge in [0, 0.05) is 25.7 Å². The lowest BCUT2D eigenvalue weighted by Gasteiger charge is -2.19. The maximum Gasteiger partial charge on any atom is 0.215 e. The largest absolute Gasteiger partial charge is 0.357 e. The van der Waals surface area contributed by atoms with Crippen LogP contribution in [0.15, 0.2) is 4.99 Å². The summed E-state index contributed by atoms with van der Waals surface area (Å²) in [6.45, 7) is 7.83. The van der Waals surface area contributed by atoms with Gasteiger partial charge in [0.2, 0.25) is 10.0 Å². The molecule has 132 valence electrons. The minimum absolute atomic E-state index is 0. The van der Waals surface area contributed by atoms with Crippen LogP contribution in [0.3, 0.4) is 0 Å². The summed E-state index contributed by atoms with van der Waals surface area (Å²) in [5, 5.41) is 6.57. The molecular weight excluding hydrogens is 415 g/mol. The molecule has 6 nitrogen and oxygen atoms in total. The van der Waals surface area contributed by atoms with Crippen LogP contribution in [0.4, 0.5) is 0 Å². The zero-order valence-corrected chi connectivity index (χ0v) is 17.1. The van der Waals surface area contributed by atoms with E-state index in [9.17, 15) is 8.42 Å². The molecular formula is C14H31IN4O2S. The van der Waals surface area contributed by atoms with E-state index in [1.807, 2.05) is 20.8 Å². The number of aliphatic imine (C=N–C) groups is 1. The number of hydrogen-bond acceptors (Lipinski definition) is 3. The van der Waals surface area contributed by atoms with E-state index in [4.69, 9.17) is 0 Å². The summed E-state index contributed by atoms with van der Waals surface area (Å²) in [6.07, 6.45) is 4.85. The van der Waals surface area contributed by atoms with E-state index in [0.29, 0.717) is 25.7 Å². The van der Waals surface area contributed by atoms with E-state index in [1.54, 1.807) is 0 Å². The average molecular weight is 446 g/mol. The molecule has 1 rings (SSSR count). The molecule has 0 aromatic rings. The van der Waals surface area contributed by atoms with Crippen LogP contribution in [0.25, 0.3) is 0 Å². The molecule has 0 amide bonds. The number of rotatable bonds is 8. The van der Waals surface area contributed by atoms with Crippen LogP contribution in [-0.2, 0) is 10.0 Å². The van der Waals surface area contributed by atoms with Gasteiger partial charge in [-0.2, -0.15) is 0 Å². The molecule has 0 unspecified atom stereocenters. The Morgan fingerprint density at radius 3 is 2.27 bits per heavy atom. The lowest BCUT2D eigenvalue weighted by atomic mass is 10.2. The fourth-order valence-corrected chi connectivity index (χ4v) is 3.97. The number of hydrogen-bond donors (Lipinski definition) is 2. The Labute approximate surface area is 152 Å². The van der Waals surface area contributed by atoms with E-state index < -0.39 is 10.0 Å². The number of guanidine groups is 1. The number of nitrogens with zero attached hydrogens (tertiary/aromatic N) is 2. The van der Waals surface area contributed by atoms with Gasteiger partial charge in [-0.25, -0.2) is 12.7 Å². The Hall–Kier alpha value is -0.0900. The second-order valence-electron chi connectivity index (χ2n) is 5.29. The molecule has 1 aliphatic carbocycles. The molecule has 0 saturated heterocycles. The third-order valence-electron chi connectivity index (χ3n) is 3.76. The smallest absolute Gasteiger partial charge is 0.215 e. The highest BCUT2D eigenvalue weighted by Crippen LogP contribution is 2.17. The van der Waals surface area contributed by atoms with Gasteiger partial charge < -0.3 is 10.6 Å². The molecule has 8 heteroatoms. The highest BCUT2D eigenvalue weighted by molar-refractivity contribution is 14.0.